The van der Waals surface area contributed by atoms with Crippen molar-refractivity contribution < 1.29 is 9.47 Å². The molecule has 0 amide bonds. The van der Waals surface area contributed by atoms with Gasteiger partial charge in [0.15, 0.2) is 11.5 Å². The molecule has 1 saturated heterocycles. The van der Waals surface area contributed by atoms with E-state index < -0.39 is 0 Å². The van der Waals surface area contributed by atoms with Gasteiger partial charge in [-0.15, -0.1) is 0 Å². The van der Waals surface area contributed by atoms with Crippen molar-refractivity contribution in [2.24, 2.45) is 0 Å². The molecule has 0 spiro atoms. The molecule has 4 nitrogen and oxygen atoms in total. The van der Waals surface area contributed by atoms with E-state index in [1.165, 1.54) is 5.56 Å². The zero-order chi connectivity index (χ0) is 11.0. The second-order valence-electron chi connectivity index (χ2n) is 4.41. The number of benzene rings is 1. The molecule has 0 unspecified atom stereocenters. The summed E-state index contributed by atoms with van der Waals surface area (Å²) in [4.78, 5) is 2.37. The number of likely N-dealkylation sites (N-methyl/N-ethyl adjacent to an activating group) is 1. The van der Waals surface area contributed by atoms with Crippen LogP contribution in [0.5, 0.6) is 11.5 Å². The quantitative estimate of drug-likeness (QED) is 0.817. The largest absolute Gasteiger partial charge is 0.454 e. The van der Waals surface area contributed by atoms with E-state index >= 15 is 0 Å². The summed E-state index contributed by atoms with van der Waals surface area (Å²) in [6, 6.07) is 6.84. The van der Waals surface area contributed by atoms with Crippen molar-refractivity contribution in [1.29, 1.82) is 0 Å². The third-order valence-corrected chi connectivity index (χ3v) is 3.25. The van der Waals surface area contributed by atoms with Crippen molar-refractivity contribution in [3.05, 3.63) is 23.8 Å². The summed E-state index contributed by atoms with van der Waals surface area (Å²) in [5.41, 5.74) is 1.28. The molecular weight excluding hydrogens is 204 g/mol. The fourth-order valence-corrected chi connectivity index (χ4v) is 2.04. The monoisotopic (exact) mass is 220 g/mol. The van der Waals surface area contributed by atoms with E-state index in [4.69, 9.17) is 9.47 Å². The summed E-state index contributed by atoms with van der Waals surface area (Å²) in [6.45, 7) is 3.51. The van der Waals surface area contributed by atoms with Crippen LogP contribution < -0.4 is 14.8 Å². The Morgan fingerprint density at radius 1 is 1.31 bits per heavy atom. The Morgan fingerprint density at radius 2 is 2.12 bits per heavy atom. The number of hydrogen-bond acceptors (Lipinski definition) is 4. The maximum atomic E-state index is 5.37. The molecule has 0 bridgehead atoms. The van der Waals surface area contributed by atoms with Crippen LogP contribution in [-0.2, 0) is 6.54 Å². The van der Waals surface area contributed by atoms with E-state index in [1.54, 1.807) is 0 Å². The molecule has 1 aromatic carbocycles. The molecule has 86 valence electrons. The van der Waals surface area contributed by atoms with Crippen molar-refractivity contribution in [3.63, 3.8) is 0 Å². The Kier molecular flexibility index (Phi) is 2.46. The number of rotatable bonds is 3. The lowest BCUT2D eigenvalue weighted by atomic mass is 10.1. The van der Waals surface area contributed by atoms with E-state index in [0.29, 0.717) is 12.8 Å². The molecule has 2 aliphatic rings. The highest BCUT2D eigenvalue weighted by Gasteiger charge is 2.22. The van der Waals surface area contributed by atoms with Crippen LogP contribution in [0.4, 0.5) is 0 Å². The maximum Gasteiger partial charge on any atom is 0.231 e. The number of ether oxygens (including phenoxy) is 2. The lowest BCUT2D eigenvalue weighted by molar-refractivity contribution is 0.171. The Hall–Kier alpha value is -1.26. The van der Waals surface area contributed by atoms with Gasteiger partial charge in [0.25, 0.3) is 0 Å². The van der Waals surface area contributed by atoms with Crippen LogP contribution >= 0.6 is 0 Å². The lowest BCUT2D eigenvalue weighted by Crippen LogP contribution is -2.55. The SMILES string of the molecule is CN(Cc1ccc2c(c1)OCO2)C1CNC1. The standard InChI is InChI=1S/C12H16N2O2/c1-14(10-5-13-6-10)7-9-2-3-11-12(4-9)16-8-15-11/h2-4,10,13H,5-8H2,1H3. The summed E-state index contributed by atoms with van der Waals surface area (Å²) in [5.74, 6) is 1.73. The van der Waals surface area contributed by atoms with Gasteiger partial charge in [-0.3, -0.25) is 4.90 Å². The predicted molar refractivity (Wildman–Crippen MR) is 60.7 cm³/mol. The van der Waals surface area contributed by atoms with Gasteiger partial charge in [-0.2, -0.15) is 0 Å². The average Bonchev–Trinajstić information content (AvgIpc) is 2.61. The highest BCUT2D eigenvalue weighted by molar-refractivity contribution is 5.44. The first kappa shape index (κ1) is 9.93. The van der Waals surface area contributed by atoms with Crippen LogP contribution in [0.1, 0.15) is 5.56 Å². The molecule has 1 N–H and O–H groups in total. The van der Waals surface area contributed by atoms with E-state index in [1.807, 2.05) is 6.07 Å². The third-order valence-electron chi connectivity index (χ3n) is 3.25. The molecule has 4 heteroatoms. The topological polar surface area (TPSA) is 33.7 Å². The number of nitrogens with one attached hydrogen (secondary N) is 1. The summed E-state index contributed by atoms with van der Waals surface area (Å²) in [6.07, 6.45) is 0. The van der Waals surface area contributed by atoms with Crippen molar-refractivity contribution in [3.8, 4) is 11.5 Å². The first-order valence-electron chi connectivity index (χ1n) is 5.62. The van der Waals surface area contributed by atoms with Crippen molar-refractivity contribution in [2.75, 3.05) is 26.9 Å². The maximum absolute atomic E-state index is 5.37. The van der Waals surface area contributed by atoms with Crippen molar-refractivity contribution >= 4 is 0 Å². The van der Waals surface area contributed by atoms with Crippen LogP contribution in [-0.4, -0.2) is 37.9 Å². The smallest absolute Gasteiger partial charge is 0.231 e. The van der Waals surface area contributed by atoms with Gasteiger partial charge < -0.3 is 14.8 Å². The van der Waals surface area contributed by atoms with Gasteiger partial charge in [0.05, 0.1) is 0 Å². The summed E-state index contributed by atoms with van der Waals surface area (Å²) >= 11 is 0. The molecule has 0 saturated carbocycles. The molecule has 2 heterocycles. The Labute approximate surface area is 95.1 Å². The number of nitrogens with zero attached hydrogens (tertiary/aromatic N) is 1. The van der Waals surface area contributed by atoms with Gasteiger partial charge >= 0.3 is 0 Å². The highest BCUT2D eigenvalue weighted by Crippen LogP contribution is 2.32. The van der Waals surface area contributed by atoms with Crippen LogP contribution in [0.3, 0.4) is 0 Å². The lowest BCUT2D eigenvalue weighted by Gasteiger charge is -2.35. The normalized spacial score (nSPS) is 18.9. The van der Waals surface area contributed by atoms with E-state index in [2.05, 4.69) is 29.4 Å². The molecule has 2 aliphatic heterocycles. The molecule has 0 radical (unpaired) electrons. The zero-order valence-corrected chi connectivity index (χ0v) is 9.40. The zero-order valence-electron chi connectivity index (χ0n) is 9.40. The molecule has 0 aromatic heterocycles. The molecule has 1 aromatic rings. The van der Waals surface area contributed by atoms with Crippen LogP contribution in [0.2, 0.25) is 0 Å². The molecule has 3 rings (SSSR count). The van der Waals surface area contributed by atoms with Gasteiger partial charge in [-0.05, 0) is 24.7 Å². The first-order valence-corrected chi connectivity index (χ1v) is 5.62. The minimum absolute atomic E-state index is 0.348. The minimum atomic E-state index is 0.348. The van der Waals surface area contributed by atoms with Crippen molar-refractivity contribution in [1.82, 2.24) is 10.2 Å². The van der Waals surface area contributed by atoms with Gasteiger partial charge in [0, 0.05) is 25.7 Å². The minimum Gasteiger partial charge on any atom is -0.454 e. The van der Waals surface area contributed by atoms with Gasteiger partial charge in [0.1, 0.15) is 0 Å². The summed E-state index contributed by atoms with van der Waals surface area (Å²) in [7, 11) is 2.16. The Morgan fingerprint density at radius 3 is 2.88 bits per heavy atom. The summed E-state index contributed by atoms with van der Waals surface area (Å²) < 4.78 is 10.7. The second kappa shape index (κ2) is 3.96. The van der Waals surface area contributed by atoms with Gasteiger partial charge in [-0.1, -0.05) is 6.07 Å². The molecule has 0 atom stereocenters. The molecule has 0 aliphatic carbocycles. The average molecular weight is 220 g/mol. The summed E-state index contributed by atoms with van der Waals surface area (Å²) in [5, 5.41) is 3.28. The molecule has 16 heavy (non-hydrogen) atoms. The highest BCUT2D eigenvalue weighted by atomic mass is 16.7. The fourth-order valence-electron chi connectivity index (χ4n) is 2.04. The number of hydrogen-bond donors (Lipinski definition) is 1. The van der Waals surface area contributed by atoms with Crippen LogP contribution in [0.25, 0.3) is 0 Å². The van der Waals surface area contributed by atoms with Crippen molar-refractivity contribution in [2.45, 2.75) is 12.6 Å². The molecule has 1 fully saturated rings. The van der Waals surface area contributed by atoms with Crippen LogP contribution in [0.15, 0.2) is 18.2 Å². The van der Waals surface area contributed by atoms with Gasteiger partial charge in [-0.25, -0.2) is 0 Å². The Balaban J connectivity index is 1.69. The van der Waals surface area contributed by atoms with E-state index in [-0.39, 0.29) is 0 Å². The van der Waals surface area contributed by atoms with Crippen LogP contribution in [0, 0.1) is 0 Å². The Bertz CT molecular complexity index is 391. The van der Waals surface area contributed by atoms with Gasteiger partial charge in [0.2, 0.25) is 6.79 Å². The molecular formula is C12H16N2O2. The first-order chi connectivity index (χ1) is 7.83. The fraction of sp³-hybridized carbons (Fsp3) is 0.500. The third kappa shape index (κ3) is 1.74. The second-order valence-corrected chi connectivity index (χ2v) is 4.41. The van der Waals surface area contributed by atoms with E-state index in [0.717, 1.165) is 31.1 Å². The number of fused-ring (bicyclic) bond motifs is 1. The van der Waals surface area contributed by atoms with E-state index in [9.17, 15) is 0 Å². The predicted octanol–water partition coefficient (Wildman–Crippen LogP) is 0.819.